The topological polar surface area (TPSA) is 85.6 Å². The van der Waals surface area contributed by atoms with Crippen molar-refractivity contribution in [2.45, 2.75) is 32.4 Å². The Hall–Kier alpha value is -2.96. The molecule has 1 aromatic carbocycles. The van der Waals surface area contributed by atoms with Crippen LogP contribution in [0.1, 0.15) is 19.4 Å². The third-order valence-corrected chi connectivity index (χ3v) is 4.02. The van der Waals surface area contributed by atoms with Crippen LogP contribution in [0, 0.1) is 10.1 Å². The third-order valence-electron chi connectivity index (χ3n) is 4.02. The average molecular weight is 327 g/mol. The van der Waals surface area contributed by atoms with Crippen molar-refractivity contribution in [3.8, 4) is 5.75 Å². The van der Waals surface area contributed by atoms with E-state index in [9.17, 15) is 14.9 Å². The number of hydrogen-bond acceptors (Lipinski definition) is 5. The van der Waals surface area contributed by atoms with Gasteiger partial charge in [0, 0.05) is 11.7 Å². The minimum absolute atomic E-state index is 0.0107. The maximum atomic E-state index is 12.8. The number of fused-ring (bicyclic) bond motifs is 1. The molecule has 0 bridgehead atoms. The Kier molecular flexibility index (Phi) is 4.16. The highest BCUT2D eigenvalue weighted by Gasteiger charge is 2.34. The van der Waals surface area contributed by atoms with Gasteiger partial charge in [0.2, 0.25) is 5.75 Å². The van der Waals surface area contributed by atoms with Gasteiger partial charge in [-0.1, -0.05) is 18.2 Å². The maximum absolute atomic E-state index is 12.8. The van der Waals surface area contributed by atoms with E-state index >= 15 is 0 Å². The smallest absolute Gasteiger partial charge is 0.406 e. The number of pyridine rings is 1. The fraction of sp³-hybridized carbons (Fsp3) is 0.294. The number of para-hydroxylation sites is 1. The van der Waals surface area contributed by atoms with Crippen molar-refractivity contribution >= 4 is 17.4 Å². The number of nitro groups is 1. The lowest BCUT2D eigenvalue weighted by Crippen LogP contribution is -2.43. The first-order valence-corrected chi connectivity index (χ1v) is 7.66. The monoisotopic (exact) mass is 327 g/mol. The molecular weight excluding hydrogens is 310 g/mol. The van der Waals surface area contributed by atoms with Crippen LogP contribution in [0.2, 0.25) is 0 Å². The van der Waals surface area contributed by atoms with Crippen LogP contribution in [0.4, 0.5) is 11.5 Å². The Bertz CT molecular complexity index is 793. The molecule has 24 heavy (non-hydrogen) atoms. The molecule has 2 heterocycles. The van der Waals surface area contributed by atoms with Gasteiger partial charge in [0.1, 0.15) is 6.20 Å². The lowest BCUT2D eigenvalue weighted by Gasteiger charge is -2.26. The highest BCUT2D eigenvalue weighted by Crippen LogP contribution is 2.33. The summed E-state index contributed by atoms with van der Waals surface area (Å²) in [5.74, 6) is -0.638. The maximum Gasteiger partial charge on any atom is 0.406 e. The Morgan fingerprint density at radius 3 is 2.88 bits per heavy atom. The molecule has 1 aliphatic rings. The molecule has 0 aliphatic carbocycles. The van der Waals surface area contributed by atoms with Crippen LogP contribution < -0.4 is 9.64 Å². The molecule has 3 rings (SSSR count). The molecule has 1 amide bonds. The van der Waals surface area contributed by atoms with Crippen LogP contribution in [-0.4, -0.2) is 28.0 Å². The summed E-state index contributed by atoms with van der Waals surface area (Å²) in [6.45, 7) is 3.56. The summed E-state index contributed by atoms with van der Waals surface area (Å²) in [4.78, 5) is 28.6. The highest BCUT2D eigenvalue weighted by atomic mass is 16.6. The van der Waals surface area contributed by atoms with Gasteiger partial charge >= 0.3 is 5.82 Å². The van der Waals surface area contributed by atoms with Gasteiger partial charge in [-0.15, -0.1) is 0 Å². The highest BCUT2D eigenvalue weighted by molar-refractivity contribution is 5.99. The lowest BCUT2D eigenvalue weighted by atomic mass is 10.1. The Morgan fingerprint density at radius 1 is 1.38 bits per heavy atom. The van der Waals surface area contributed by atoms with Crippen LogP contribution in [0.15, 0.2) is 42.6 Å². The first-order chi connectivity index (χ1) is 11.5. The summed E-state index contributed by atoms with van der Waals surface area (Å²) in [5, 5.41) is 11.0. The van der Waals surface area contributed by atoms with E-state index < -0.39 is 16.8 Å². The molecular formula is C17H17N3O4. The van der Waals surface area contributed by atoms with Gasteiger partial charge in [-0.2, -0.15) is 0 Å². The molecule has 2 atom stereocenters. The molecule has 0 spiro atoms. The lowest BCUT2D eigenvalue weighted by molar-refractivity contribution is -0.390. The predicted octanol–water partition coefficient (Wildman–Crippen LogP) is 2.73. The fourth-order valence-electron chi connectivity index (χ4n) is 2.95. The molecule has 0 N–H and O–H groups in total. The van der Waals surface area contributed by atoms with Gasteiger partial charge in [0.05, 0.1) is 0 Å². The molecule has 7 nitrogen and oxygen atoms in total. The van der Waals surface area contributed by atoms with E-state index in [0.29, 0.717) is 0 Å². The van der Waals surface area contributed by atoms with E-state index in [4.69, 9.17) is 4.74 Å². The number of carbonyl (C=O) groups excluding carboxylic acids is 1. The quantitative estimate of drug-likeness (QED) is 0.636. The van der Waals surface area contributed by atoms with Gasteiger partial charge in [0.25, 0.3) is 5.91 Å². The summed E-state index contributed by atoms with van der Waals surface area (Å²) in [6, 6.07) is 10.7. The van der Waals surface area contributed by atoms with Crippen molar-refractivity contribution in [3.63, 3.8) is 0 Å². The number of anilines is 1. The Balaban J connectivity index is 1.83. The summed E-state index contributed by atoms with van der Waals surface area (Å²) >= 11 is 0. The number of carbonyl (C=O) groups is 1. The number of aromatic nitrogens is 1. The summed E-state index contributed by atoms with van der Waals surface area (Å²) < 4.78 is 5.55. The molecule has 0 saturated carbocycles. The third kappa shape index (κ3) is 2.80. The second kappa shape index (κ2) is 6.27. The van der Waals surface area contributed by atoms with E-state index in [1.54, 1.807) is 11.8 Å². The zero-order chi connectivity index (χ0) is 17.3. The largest absolute Gasteiger partial charge is 0.473 e. The predicted molar refractivity (Wildman–Crippen MR) is 88.1 cm³/mol. The van der Waals surface area contributed by atoms with E-state index in [-0.39, 0.29) is 17.7 Å². The Labute approximate surface area is 139 Å². The van der Waals surface area contributed by atoms with Crippen molar-refractivity contribution in [2.75, 3.05) is 4.90 Å². The normalized spacial score (nSPS) is 17.2. The number of nitrogens with zero attached hydrogens (tertiary/aromatic N) is 3. The van der Waals surface area contributed by atoms with Gasteiger partial charge in [-0.3, -0.25) is 4.79 Å². The number of benzene rings is 1. The van der Waals surface area contributed by atoms with Crippen LogP contribution >= 0.6 is 0 Å². The standard InChI is InChI=1S/C17H17N3O4/c1-11-10-13-6-3-4-7-14(13)19(11)17(21)12(2)24-15-8-5-9-18-16(15)20(22)23/h3-9,11-12H,10H2,1-2H3/t11-,12+/m1/s1. The minimum Gasteiger partial charge on any atom is -0.473 e. The molecule has 1 aromatic heterocycles. The molecule has 0 saturated heterocycles. The minimum atomic E-state index is -0.860. The second-order valence-corrected chi connectivity index (χ2v) is 5.73. The van der Waals surface area contributed by atoms with Crippen LogP contribution in [-0.2, 0) is 11.2 Å². The SMILES string of the molecule is C[C@H](Oc1cccnc1[N+](=O)[O-])C(=O)N1c2ccccc2C[C@H]1C. The van der Waals surface area contributed by atoms with Crippen molar-refractivity contribution in [1.29, 1.82) is 0 Å². The van der Waals surface area contributed by atoms with E-state index in [2.05, 4.69) is 4.98 Å². The molecule has 0 fully saturated rings. The number of rotatable bonds is 4. The van der Waals surface area contributed by atoms with Crippen molar-refractivity contribution in [3.05, 3.63) is 58.3 Å². The number of ether oxygens (including phenoxy) is 1. The molecule has 2 aromatic rings. The van der Waals surface area contributed by atoms with Crippen LogP contribution in [0.5, 0.6) is 5.75 Å². The molecule has 0 unspecified atom stereocenters. The summed E-state index contributed by atoms with van der Waals surface area (Å²) in [7, 11) is 0. The number of amides is 1. The number of hydrogen-bond donors (Lipinski definition) is 0. The second-order valence-electron chi connectivity index (χ2n) is 5.73. The first kappa shape index (κ1) is 15.9. The van der Waals surface area contributed by atoms with E-state index in [1.807, 2.05) is 31.2 Å². The zero-order valence-corrected chi connectivity index (χ0v) is 13.4. The van der Waals surface area contributed by atoms with E-state index in [1.165, 1.54) is 18.3 Å². The molecule has 124 valence electrons. The zero-order valence-electron chi connectivity index (χ0n) is 13.4. The van der Waals surface area contributed by atoms with E-state index in [0.717, 1.165) is 17.7 Å². The van der Waals surface area contributed by atoms with Crippen molar-refractivity contribution in [1.82, 2.24) is 4.98 Å². The van der Waals surface area contributed by atoms with Crippen molar-refractivity contribution < 1.29 is 14.5 Å². The summed E-state index contributed by atoms with van der Waals surface area (Å²) in [6.07, 6.45) is 1.24. The summed E-state index contributed by atoms with van der Waals surface area (Å²) in [5.41, 5.74) is 1.98. The molecule has 0 radical (unpaired) electrons. The first-order valence-electron chi connectivity index (χ1n) is 7.66. The Morgan fingerprint density at radius 2 is 2.12 bits per heavy atom. The van der Waals surface area contributed by atoms with Gasteiger partial charge < -0.3 is 19.8 Å². The van der Waals surface area contributed by atoms with Gasteiger partial charge in [-0.25, -0.2) is 0 Å². The molecule has 1 aliphatic heterocycles. The van der Waals surface area contributed by atoms with Crippen molar-refractivity contribution in [2.24, 2.45) is 0 Å². The fourth-order valence-corrected chi connectivity index (χ4v) is 2.95. The average Bonchev–Trinajstić information content (AvgIpc) is 2.90. The van der Waals surface area contributed by atoms with Gasteiger partial charge in [0.15, 0.2) is 6.10 Å². The van der Waals surface area contributed by atoms with Crippen LogP contribution in [0.3, 0.4) is 0 Å². The van der Waals surface area contributed by atoms with Gasteiger partial charge in [-0.05, 0) is 53.9 Å². The van der Waals surface area contributed by atoms with Crippen LogP contribution in [0.25, 0.3) is 0 Å². The molecule has 7 heteroatoms.